The van der Waals surface area contributed by atoms with Crippen LogP contribution >= 0.6 is 0 Å². The molecule has 4 aliphatic carbocycles. The highest BCUT2D eigenvalue weighted by Crippen LogP contribution is 2.67. The van der Waals surface area contributed by atoms with Gasteiger partial charge in [0.2, 0.25) is 5.95 Å². The average Bonchev–Trinajstić information content (AvgIpc) is 3.29. The zero-order chi connectivity index (χ0) is 34.6. The number of rotatable bonds is 10. The van der Waals surface area contributed by atoms with Gasteiger partial charge >= 0.3 is 0 Å². The molecule has 1 saturated heterocycles. The summed E-state index contributed by atoms with van der Waals surface area (Å²) in [7, 11) is 0. The molecule has 9 nitrogen and oxygen atoms in total. The molecule has 2 heterocycles. The minimum Gasteiger partial charge on any atom is -0.381 e. The highest BCUT2D eigenvalue weighted by molar-refractivity contribution is 5.92. The predicted molar refractivity (Wildman–Crippen MR) is 189 cm³/mol. The van der Waals surface area contributed by atoms with Crippen LogP contribution in [0.15, 0.2) is 29.4 Å². The van der Waals surface area contributed by atoms with Crippen molar-refractivity contribution in [3.05, 3.63) is 29.4 Å². The molecule has 48 heavy (non-hydrogen) atoms. The van der Waals surface area contributed by atoms with E-state index in [9.17, 15) is 14.7 Å². The topological polar surface area (TPSA) is 93.1 Å². The van der Waals surface area contributed by atoms with Crippen LogP contribution in [0.3, 0.4) is 0 Å². The summed E-state index contributed by atoms with van der Waals surface area (Å²) in [6, 6.07) is 2.09. The number of alkyl halides is 1. The number of piperazine rings is 1. The molecule has 0 amide bonds. The van der Waals surface area contributed by atoms with Gasteiger partial charge in [-0.15, -0.1) is 0 Å². The van der Waals surface area contributed by atoms with Crippen molar-refractivity contribution in [3.8, 4) is 0 Å². The number of halogens is 1. The Labute approximate surface area is 286 Å². The smallest absolute Gasteiger partial charge is 0.229 e. The number of anilines is 3. The molecule has 264 valence electrons. The van der Waals surface area contributed by atoms with Gasteiger partial charge in [-0.1, -0.05) is 32.4 Å². The lowest BCUT2D eigenvalue weighted by atomic mass is 9.50. The van der Waals surface area contributed by atoms with Gasteiger partial charge in [-0.05, 0) is 82.8 Å². The Morgan fingerprint density at radius 3 is 2.31 bits per heavy atom. The number of hydrogen-bond acceptors (Lipinski definition) is 9. The van der Waals surface area contributed by atoms with E-state index in [0.717, 1.165) is 56.9 Å². The Bertz CT molecular complexity index is 1440. The fraction of sp³-hybridized carbons (Fsp3) is 0.737. The lowest BCUT2D eigenvalue weighted by Gasteiger charge is -2.55. The van der Waals surface area contributed by atoms with E-state index in [-0.39, 0.29) is 35.9 Å². The van der Waals surface area contributed by atoms with Crippen LogP contribution in [-0.2, 0) is 9.59 Å². The fourth-order valence-electron chi connectivity index (χ4n) is 10.2. The third-order valence-corrected chi connectivity index (χ3v) is 13.2. The first-order valence-corrected chi connectivity index (χ1v) is 18.6. The number of carbonyl (C=O) groups is 2. The molecular formula is C38H57FN6O3. The molecule has 0 radical (unpaired) electrons. The number of carbonyl (C=O) groups excluding carboxylic acids is 2. The van der Waals surface area contributed by atoms with Crippen LogP contribution in [-0.4, -0.2) is 102 Å². The number of ketones is 2. The molecule has 1 N–H and O–H groups in total. The van der Waals surface area contributed by atoms with E-state index in [0.29, 0.717) is 50.8 Å². The molecule has 6 rings (SSSR count). The number of allylic oxidation sites excluding steroid dienone is 4. The molecule has 5 aliphatic rings. The van der Waals surface area contributed by atoms with Gasteiger partial charge in [0.25, 0.3) is 0 Å². The van der Waals surface area contributed by atoms with Crippen molar-refractivity contribution in [1.29, 1.82) is 0 Å². The minimum atomic E-state index is -1.48. The van der Waals surface area contributed by atoms with E-state index in [1.165, 1.54) is 5.57 Å². The normalized spacial score (nSPS) is 34.9. The third-order valence-electron chi connectivity index (χ3n) is 13.2. The maximum atomic E-state index is 15.8. The lowest BCUT2D eigenvalue weighted by Crippen LogP contribution is -2.60. The van der Waals surface area contributed by atoms with Crippen LogP contribution in [0.1, 0.15) is 80.6 Å². The Morgan fingerprint density at radius 2 is 1.67 bits per heavy atom. The van der Waals surface area contributed by atoms with E-state index in [2.05, 4.69) is 73.3 Å². The first-order valence-electron chi connectivity index (χ1n) is 18.6. The molecule has 3 fully saturated rings. The molecule has 0 unspecified atom stereocenters. The standard InChI is InChI=1S/C38H57FN6O3/c1-8-43(9-2)33-23-34(41-35(40-33)44(10-3)11-4)45-18-16-42(17-19-45)24-32(47)38(48)25(5)20-29-27-22-31(39)30-21-26(46)12-14-36(30,6)28(27)13-15-37(29,38)7/h13,21,23,25,27,29,31,48H,8-12,14-20,22,24H2,1-7H3/t25-,27+,29-,31-,36+,37-,38-/m0/s1. The van der Waals surface area contributed by atoms with Gasteiger partial charge in [0.1, 0.15) is 23.4 Å². The summed E-state index contributed by atoms with van der Waals surface area (Å²) in [4.78, 5) is 45.3. The van der Waals surface area contributed by atoms with E-state index >= 15 is 4.39 Å². The van der Waals surface area contributed by atoms with Crippen LogP contribution in [0.25, 0.3) is 0 Å². The summed E-state index contributed by atoms with van der Waals surface area (Å²) < 4.78 is 15.8. The van der Waals surface area contributed by atoms with Crippen LogP contribution in [0.2, 0.25) is 0 Å². The van der Waals surface area contributed by atoms with E-state index < -0.39 is 22.6 Å². The highest BCUT2D eigenvalue weighted by Gasteiger charge is 2.68. The molecule has 7 atom stereocenters. The van der Waals surface area contributed by atoms with Gasteiger partial charge in [-0.2, -0.15) is 9.97 Å². The summed E-state index contributed by atoms with van der Waals surface area (Å²) in [6.45, 7) is 21.2. The highest BCUT2D eigenvalue weighted by atomic mass is 19.1. The van der Waals surface area contributed by atoms with Gasteiger partial charge in [0.15, 0.2) is 11.6 Å². The van der Waals surface area contributed by atoms with Gasteiger partial charge < -0.3 is 19.8 Å². The second-order valence-electron chi connectivity index (χ2n) is 15.4. The largest absolute Gasteiger partial charge is 0.381 e. The summed E-state index contributed by atoms with van der Waals surface area (Å²) in [5.74, 6) is 2.27. The Kier molecular flexibility index (Phi) is 9.57. The Hall–Kier alpha value is -2.85. The summed E-state index contributed by atoms with van der Waals surface area (Å²) in [5.41, 5.74) is -0.726. The number of Topliss-reactive ketones (excluding diaryl/α,β-unsaturated/α-hetero) is 1. The summed E-state index contributed by atoms with van der Waals surface area (Å²) in [6.07, 6.45) is 5.31. The van der Waals surface area contributed by atoms with Crippen molar-refractivity contribution in [1.82, 2.24) is 14.9 Å². The number of nitrogens with zero attached hydrogens (tertiary/aromatic N) is 6. The third kappa shape index (κ3) is 5.49. The van der Waals surface area contributed by atoms with Crippen LogP contribution in [0.4, 0.5) is 22.0 Å². The van der Waals surface area contributed by atoms with Crippen LogP contribution in [0.5, 0.6) is 0 Å². The maximum Gasteiger partial charge on any atom is 0.229 e. The first-order chi connectivity index (χ1) is 22.8. The molecule has 1 aromatic heterocycles. The van der Waals surface area contributed by atoms with Crippen molar-refractivity contribution in [2.45, 2.75) is 92.3 Å². The SMILES string of the molecule is CCN(CC)c1cc(N2CCN(CC(=O)[C@@]3(O)[C@@H](C)C[C@H]4[C@@H]5C[C@H](F)C6=CC(=O)CC[C@]6(C)C5=CC[C@@]43C)CC2)nc(N(CC)CC)n1. The summed E-state index contributed by atoms with van der Waals surface area (Å²) in [5, 5.41) is 12.5. The average molecular weight is 665 g/mol. The first kappa shape index (κ1) is 35.0. The second-order valence-corrected chi connectivity index (χ2v) is 15.4. The molecule has 1 aromatic rings. The van der Waals surface area contributed by atoms with Gasteiger partial charge in [0, 0.05) is 75.7 Å². The van der Waals surface area contributed by atoms with Crippen molar-refractivity contribution < 1.29 is 19.1 Å². The molecule has 0 aromatic carbocycles. The number of aromatic nitrogens is 2. The van der Waals surface area contributed by atoms with Gasteiger partial charge in [-0.3, -0.25) is 14.5 Å². The molecule has 2 saturated carbocycles. The zero-order valence-corrected chi connectivity index (χ0v) is 30.3. The van der Waals surface area contributed by atoms with Crippen LogP contribution < -0.4 is 14.7 Å². The van der Waals surface area contributed by atoms with E-state index in [4.69, 9.17) is 9.97 Å². The van der Waals surface area contributed by atoms with Crippen molar-refractivity contribution in [3.63, 3.8) is 0 Å². The number of aliphatic hydroxyl groups is 1. The van der Waals surface area contributed by atoms with Crippen LogP contribution in [0, 0.1) is 28.6 Å². The fourth-order valence-corrected chi connectivity index (χ4v) is 10.2. The van der Waals surface area contributed by atoms with E-state index in [1.54, 1.807) is 6.08 Å². The molecule has 0 bridgehead atoms. The monoisotopic (exact) mass is 664 g/mol. The van der Waals surface area contributed by atoms with E-state index in [1.807, 2.05) is 6.92 Å². The second kappa shape index (κ2) is 13.1. The van der Waals surface area contributed by atoms with Crippen molar-refractivity contribution in [2.24, 2.45) is 28.6 Å². The number of hydrogen-bond donors (Lipinski definition) is 1. The molecule has 0 spiro atoms. The quantitative estimate of drug-likeness (QED) is 0.338. The van der Waals surface area contributed by atoms with Crippen molar-refractivity contribution in [2.75, 3.05) is 73.6 Å². The number of fused-ring (bicyclic) bond motifs is 5. The minimum absolute atomic E-state index is 0.0188. The zero-order valence-electron chi connectivity index (χ0n) is 30.3. The van der Waals surface area contributed by atoms with Crippen molar-refractivity contribution >= 4 is 29.2 Å². The lowest BCUT2D eigenvalue weighted by molar-refractivity contribution is -0.160. The van der Waals surface area contributed by atoms with Gasteiger partial charge in [-0.25, -0.2) is 4.39 Å². The molecule has 10 heteroatoms. The van der Waals surface area contributed by atoms with Gasteiger partial charge in [0.05, 0.1) is 6.54 Å². The molecule has 1 aliphatic heterocycles. The summed E-state index contributed by atoms with van der Waals surface area (Å²) >= 11 is 0. The Morgan fingerprint density at radius 1 is 1.00 bits per heavy atom. The predicted octanol–water partition coefficient (Wildman–Crippen LogP) is 5.24. The maximum absolute atomic E-state index is 15.8. The Balaban J connectivity index is 1.18. The molecular weight excluding hydrogens is 607 g/mol.